The summed E-state index contributed by atoms with van der Waals surface area (Å²) in [5, 5.41) is 2.40. The van der Waals surface area contributed by atoms with Crippen molar-refractivity contribution in [3.63, 3.8) is 0 Å². The molecule has 0 spiro atoms. The molecular weight excluding hydrogens is 306 g/mol. The first-order chi connectivity index (χ1) is 9.97. The van der Waals surface area contributed by atoms with Gasteiger partial charge in [0, 0.05) is 10.5 Å². The molecule has 0 aliphatic heterocycles. The minimum atomic E-state index is -2.63. The average molecular weight is 315 g/mol. The molecule has 7 heteroatoms. The van der Waals surface area contributed by atoms with Crippen LogP contribution in [0, 0.1) is 11.6 Å². The van der Waals surface area contributed by atoms with Crippen molar-refractivity contribution >= 4 is 23.4 Å². The zero-order chi connectivity index (χ0) is 15.4. The number of amides is 1. The number of benzene rings is 2. The normalized spacial score (nSPS) is 10.7. The van der Waals surface area contributed by atoms with Crippen LogP contribution in [0.15, 0.2) is 47.4 Å². The Balaban J connectivity index is 2.21. The standard InChI is InChI=1S/C14H9F4NOS/c15-9-6-5-8(7-10(9)16)13(20)19-11-3-1-2-4-12(11)21-14(17)18/h1-7,14H,(H,19,20). The van der Waals surface area contributed by atoms with E-state index in [2.05, 4.69) is 5.32 Å². The largest absolute Gasteiger partial charge is 0.321 e. The van der Waals surface area contributed by atoms with E-state index in [1.54, 1.807) is 12.1 Å². The van der Waals surface area contributed by atoms with Gasteiger partial charge in [-0.3, -0.25) is 4.79 Å². The summed E-state index contributed by atoms with van der Waals surface area (Å²) in [6.07, 6.45) is 0. The van der Waals surface area contributed by atoms with E-state index in [1.165, 1.54) is 12.1 Å². The Hall–Kier alpha value is -2.02. The second-order valence-corrected chi connectivity index (χ2v) is 4.99. The van der Waals surface area contributed by atoms with Gasteiger partial charge in [0.05, 0.1) is 5.69 Å². The van der Waals surface area contributed by atoms with Gasteiger partial charge in [-0.25, -0.2) is 8.78 Å². The Kier molecular flexibility index (Phi) is 4.85. The van der Waals surface area contributed by atoms with Crippen LogP contribution < -0.4 is 5.32 Å². The molecule has 0 fully saturated rings. The number of rotatable bonds is 4. The fourth-order valence-corrected chi connectivity index (χ4v) is 2.20. The summed E-state index contributed by atoms with van der Waals surface area (Å²) in [6, 6.07) is 8.67. The lowest BCUT2D eigenvalue weighted by Crippen LogP contribution is -2.13. The highest BCUT2D eigenvalue weighted by Gasteiger charge is 2.14. The number of hydrogen-bond acceptors (Lipinski definition) is 2. The van der Waals surface area contributed by atoms with E-state index in [-0.39, 0.29) is 27.9 Å². The summed E-state index contributed by atoms with van der Waals surface area (Å²) in [6.45, 7) is 0. The van der Waals surface area contributed by atoms with Crippen molar-refractivity contribution in [2.45, 2.75) is 10.7 Å². The second kappa shape index (κ2) is 6.62. The van der Waals surface area contributed by atoms with Crippen LogP contribution in [0.2, 0.25) is 0 Å². The van der Waals surface area contributed by atoms with Crippen LogP contribution in [0.5, 0.6) is 0 Å². The fourth-order valence-electron chi connectivity index (χ4n) is 1.60. The van der Waals surface area contributed by atoms with E-state index in [4.69, 9.17) is 0 Å². The first-order valence-electron chi connectivity index (χ1n) is 5.77. The first kappa shape index (κ1) is 15.4. The van der Waals surface area contributed by atoms with E-state index in [9.17, 15) is 22.4 Å². The van der Waals surface area contributed by atoms with Gasteiger partial charge in [-0.1, -0.05) is 23.9 Å². The average Bonchev–Trinajstić information content (AvgIpc) is 2.43. The van der Waals surface area contributed by atoms with E-state index < -0.39 is 23.3 Å². The molecule has 0 unspecified atom stereocenters. The van der Waals surface area contributed by atoms with E-state index in [0.29, 0.717) is 0 Å². The number of hydrogen-bond donors (Lipinski definition) is 1. The molecule has 0 aliphatic rings. The molecule has 0 atom stereocenters. The second-order valence-electron chi connectivity index (χ2n) is 3.96. The molecule has 2 aromatic rings. The Bertz CT molecular complexity index is 663. The number of nitrogens with one attached hydrogen (secondary N) is 1. The maximum absolute atomic E-state index is 13.1. The molecule has 2 nitrogen and oxygen atoms in total. The van der Waals surface area contributed by atoms with Crippen LogP contribution in [0.3, 0.4) is 0 Å². The molecule has 0 bridgehead atoms. The SMILES string of the molecule is O=C(Nc1ccccc1SC(F)F)c1ccc(F)c(F)c1. The highest BCUT2D eigenvalue weighted by Crippen LogP contribution is 2.31. The van der Waals surface area contributed by atoms with Crippen LogP contribution in [-0.4, -0.2) is 11.7 Å². The Morgan fingerprint density at radius 2 is 1.76 bits per heavy atom. The molecule has 1 amide bonds. The number of carbonyl (C=O) groups excluding carboxylic acids is 1. The van der Waals surface area contributed by atoms with Gasteiger partial charge < -0.3 is 5.32 Å². The molecule has 0 aliphatic carbocycles. The minimum Gasteiger partial charge on any atom is -0.321 e. The Labute approximate surface area is 122 Å². The molecule has 0 saturated heterocycles. The van der Waals surface area contributed by atoms with Crippen molar-refractivity contribution in [3.8, 4) is 0 Å². The molecule has 110 valence electrons. The summed E-state index contributed by atoms with van der Waals surface area (Å²) in [7, 11) is 0. The summed E-state index contributed by atoms with van der Waals surface area (Å²) in [4.78, 5) is 12.1. The van der Waals surface area contributed by atoms with Gasteiger partial charge in [-0.05, 0) is 30.3 Å². The summed E-state index contributed by atoms with van der Waals surface area (Å²) in [5.41, 5.74) is 0.0725. The van der Waals surface area contributed by atoms with Crippen molar-refractivity contribution in [1.82, 2.24) is 0 Å². The third kappa shape index (κ3) is 3.98. The van der Waals surface area contributed by atoms with Crippen molar-refractivity contribution in [2.24, 2.45) is 0 Å². The maximum atomic E-state index is 13.1. The van der Waals surface area contributed by atoms with Crippen LogP contribution in [0.1, 0.15) is 10.4 Å². The van der Waals surface area contributed by atoms with Gasteiger partial charge in [-0.15, -0.1) is 0 Å². The summed E-state index contributed by atoms with van der Waals surface area (Å²) in [5.74, 6) is -5.57. The zero-order valence-electron chi connectivity index (χ0n) is 10.4. The van der Waals surface area contributed by atoms with Gasteiger partial charge in [0.1, 0.15) is 0 Å². The van der Waals surface area contributed by atoms with Gasteiger partial charge in [0.15, 0.2) is 11.6 Å². The number of para-hydroxylation sites is 1. The molecule has 0 saturated carbocycles. The minimum absolute atomic E-state index is 0.106. The number of thioether (sulfide) groups is 1. The highest BCUT2D eigenvalue weighted by molar-refractivity contribution is 7.99. The first-order valence-corrected chi connectivity index (χ1v) is 6.65. The Morgan fingerprint density at radius 3 is 2.43 bits per heavy atom. The number of halogens is 4. The summed E-state index contributed by atoms with van der Waals surface area (Å²) >= 11 is 0.286. The van der Waals surface area contributed by atoms with Gasteiger partial charge in [0.2, 0.25) is 0 Å². The van der Waals surface area contributed by atoms with Crippen LogP contribution >= 0.6 is 11.8 Å². The smallest absolute Gasteiger partial charge is 0.288 e. The number of anilines is 1. The van der Waals surface area contributed by atoms with Gasteiger partial charge in [-0.2, -0.15) is 8.78 Å². The van der Waals surface area contributed by atoms with Crippen LogP contribution in [0.25, 0.3) is 0 Å². The zero-order valence-corrected chi connectivity index (χ0v) is 11.3. The molecule has 2 rings (SSSR count). The monoisotopic (exact) mass is 315 g/mol. The third-order valence-electron chi connectivity index (χ3n) is 2.53. The molecule has 0 radical (unpaired) electrons. The molecule has 0 aromatic heterocycles. The van der Waals surface area contributed by atoms with E-state index in [1.807, 2.05) is 0 Å². The lowest BCUT2D eigenvalue weighted by atomic mass is 10.2. The summed E-state index contributed by atoms with van der Waals surface area (Å²) < 4.78 is 50.7. The quantitative estimate of drug-likeness (QED) is 0.663. The highest BCUT2D eigenvalue weighted by atomic mass is 32.2. The predicted molar refractivity (Wildman–Crippen MR) is 72.6 cm³/mol. The van der Waals surface area contributed by atoms with Crippen molar-refractivity contribution in [3.05, 3.63) is 59.7 Å². The van der Waals surface area contributed by atoms with Gasteiger partial charge >= 0.3 is 0 Å². The van der Waals surface area contributed by atoms with E-state index >= 15 is 0 Å². The molecule has 0 heterocycles. The van der Waals surface area contributed by atoms with Crippen molar-refractivity contribution in [2.75, 3.05) is 5.32 Å². The van der Waals surface area contributed by atoms with Crippen molar-refractivity contribution < 1.29 is 22.4 Å². The predicted octanol–water partition coefficient (Wildman–Crippen LogP) is 4.53. The topological polar surface area (TPSA) is 29.1 Å². The fraction of sp³-hybridized carbons (Fsp3) is 0.0714. The lowest BCUT2D eigenvalue weighted by Gasteiger charge is -2.10. The number of carbonyl (C=O) groups is 1. The maximum Gasteiger partial charge on any atom is 0.288 e. The van der Waals surface area contributed by atoms with E-state index in [0.717, 1.165) is 18.2 Å². The lowest BCUT2D eigenvalue weighted by molar-refractivity contribution is 0.102. The molecular formula is C14H9F4NOS. The molecule has 2 aromatic carbocycles. The van der Waals surface area contributed by atoms with Crippen LogP contribution in [-0.2, 0) is 0 Å². The third-order valence-corrected chi connectivity index (χ3v) is 3.32. The Morgan fingerprint density at radius 1 is 1.05 bits per heavy atom. The number of alkyl halides is 2. The van der Waals surface area contributed by atoms with Crippen molar-refractivity contribution in [1.29, 1.82) is 0 Å². The molecule has 1 N–H and O–H groups in total. The molecule has 21 heavy (non-hydrogen) atoms. The van der Waals surface area contributed by atoms with Gasteiger partial charge in [0.25, 0.3) is 11.7 Å². The van der Waals surface area contributed by atoms with Crippen LogP contribution in [0.4, 0.5) is 23.2 Å².